The fraction of sp³-hybridized carbons (Fsp3) is 0.115. The van der Waals surface area contributed by atoms with E-state index in [4.69, 9.17) is 20.4 Å². The molecule has 0 aliphatic carbocycles. The summed E-state index contributed by atoms with van der Waals surface area (Å²) >= 11 is 0. The van der Waals surface area contributed by atoms with E-state index in [1.54, 1.807) is 0 Å². The van der Waals surface area contributed by atoms with Gasteiger partial charge in [-0.15, -0.1) is 0 Å². The second-order valence-corrected chi connectivity index (χ2v) is 7.44. The number of aliphatic hydroxyl groups is 1. The number of aryl methyl sites for hydroxylation is 1. The number of carbonyl (C=O) groups excluding carboxylic acids is 1. The fourth-order valence-electron chi connectivity index (χ4n) is 3.59. The molecule has 6 heteroatoms. The smallest absolute Gasteiger partial charge is 0.155 e. The van der Waals surface area contributed by atoms with Crippen LogP contribution in [0.15, 0.2) is 83.6 Å². The summed E-state index contributed by atoms with van der Waals surface area (Å²) in [6, 6.07) is 22.6. The summed E-state index contributed by atoms with van der Waals surface area (Å²) in [7, 11) is 0. The van der Waals surface area contributed by atoms with Gasteiger partial charge in [-0.1, -0.05) is 54.6 Å². The van der Waals surface area contributed by atoms with Gasteiger partial charge in [0.25, 0.3) is 0 Å². The molecule has 5 nitrogen and oxygen atoms in total. The molecule has 5 rings (SSSR count). The zero-order chi connectivity index (χ0) is 22.0. The zero-order valence-corrected chi connectivity index (χ0v) is 20.4. The van der Waals surface area contributed by atoms with Crippen molar-refractivity contribution in [3.8, 4) is 0 Å². The van der Waals surface area contributed by atoms with Gasteiger partial charge in [0.1, 0.15) is 0 Å². The second kappa shape index (κ2) is 9.86. The standard InChI is InChI=1S/C21H14N3.C5H8O2.Ir/c1-13-12-15-6-2-3-9-16(15)22-20(13)21-23-17-10-4-7-14-8-5-11-18(24-21)19(14)17;1-4(6)3-5(2)7;/h2-12H,1H3;3,6H,1-2H3;/q-1;;/b;4-3-;. The average molecular weight is 601 g/mol. The first-order valence-electron chi connectivity index (χ1n) is 9.99. The molecule has 0 saturated heterocycles. The number of amidine groups is 1. The summed E-state index contributed by atoms with van der Waals surface area (Å²) in [5.41, 5.74) is 4.82. The Hall–Kier alpha value is -3.34. The largest absolute Gasteiger partial charge is 0.512 e. The van der Waals surface area contributed by atoms with Gasteiger partial charge < -0.3 is 15.4 Å². The van der Waals surface area contributed by atoms with Crippen molar-refractivity contribution in [1.82, 2.24) is 4.98 Å². The number of pyridine rings is 1. The molecular formula is C26H22IrN3O2-. The maximum absolute atomic E-state index is 10.0. The van der Waals surface area contributed by atoms with Gasteiger partial charge in [-0.25, -0.2) is 4.98 Å². The van der Waals surface area contributed by atoms with Crippen molar-refractivity contribution in [2.75, 3.05) is 0 Å². The van der Waals surface area contributed by atoms with Crippen molar-refractivity contribution in [3.63, 3.8) is 0 Å². The minimum atomic E-state index is -0.125. The predicted molar refractivity (Wildman–Crippen MR) is 127 cm³/mol. The van der Waals surface area contributed by atoms with Crippen LogP contribution in [0.2, 0.25) is 0 Å². The molecule has 2 heterocycles. The Morgan fingerprint density at radius 2 is 1.66 bits per heavy atom. The molecule has 1 aromatic heterocycles. The first-order chi connectivity index (χ1) is 14.9. The third kappa shape index (κ3) is 4.93. The third-order valence-electron chi connectivity index (χ3n) is 4.85. The minimum absolute atomic E-state index is 0. The van der Waals surface area contributed by atoms with E-state index in [0.717, 1.165) is 38.9 Å². The van der Waals surface area contributed by atoms with E-state index in [1.807, 2.05) is 42.5 Å². The van der Waals surface area contributed by atoms with Crippen molar-refractivity contribution in [2.24, 2.45) is 4.99 Å². The second-order valence-electron chi connectivity index (χ2n) is 7.44. The minimum Gasteiger partial charge on any atom is -0.512 e. The monoisotopic (exact) mass is 601 g/mol. The van der Waals surface area contributed by atoms with Gasteiger partial charge in [-0.3, -0.25) is 4.79 Å². The van der Waals surface area contributed by atoms with Crippen LogP contribution in [0.25, 0.3) is 27.0 Å². The number of aliphatic hydroxyl groups excluding tert-OH is 1. The number of nitrogens with zero attached hydrogens (tertiary/aromatic N) is 3. The number of hydrogen-bond acceptors (Lipinski definition) is 4. The maximum atomic E-state index is 10.0. The maximum Gasteiger partial charge on any atom is 0.155 e. The molecule has 0 amide bonds. The summed E-state index contributed by atoms with van der Waals surface area (Å²) < 4.78 is 0. The first-order valence-corrected chi connectivity index (χ1v) is 9.99. The topological polar surface area (TPSA) is 76.7 Å². The van der Waals surface area contributed by atoms with Crippen LogP contribution < -0.4 is 0 Å². The van der Waals surface area contributed by atoms with Gasteiger partial charge in [-0.2, -0.15) is 0 Å². The van der Waals surface area contributed by atoms with Gasteiger partial charge in [-0.05, 0) is 66.5 Å². The number of carbonyl (C=O) groups is 1. The van der Waals surface area contributed by atoms with Gasteiger partial charge in [0, 0.05) is 31.6 Å². The number of benzene rings is 3. The van der Waals surface area contributed by atoms with Crippen LogP contribution >= 0.6 is 0 Å². The van der Waals surface area contributed by atoms with Crippen LogP contribution in [-0.4, -0.2) is 21.7 Å². The van der Waals surface area contributed by atoms with E-state index in [0.29, 0.717) is 5.84 Å². The molecule has 0 fully saturated rings. The van der Waals surface area contributed by atoms with Crippen LogP contribution in [0.1, 0.15) is 25.1 Å². The van der Waals surface area contributed by atoms with Crippen LogP contribution in [0.5, 0.6) is 0 Å². The van der Waals surface area contributed by atoms with Gasteiger partial charge in [0.05, 0.1) is 17.0 Å². The van der Waals surface area contributed by atoms with E-state index in [9.17, 15) is 4.79 Å². The van der Waals surface area contributed by atoms with Gasteiger partial charge >= 0.3 is 0 Å². The molecule has 0 spiro atoms. The Morgan fingerprint density at radius 3 is 2.34 bits per heavy atom. The Morgan fingerprint density at radius 1 is 0.969 bits per heavy atom. The number of aliphatic imine (C=N–C) groups is 1. The Labute approximate surface area is 200 Å². The molecule has 163 valence electrons. The molecule has 0 atom stereocenters. The summed E-state index contributed by atoms with van der Waals surface area (Å²) in [5.74, 6) is 0.622. The van der Waals surface area contributed by atoms with Gasteiger partial charge in [0.15, 0.2) is 5.78 Å². The van der Waals surface area contributed by atoms with E-state index in [-0.39, 0.29) is 31.6 Å². The number of hydrogen-bond donors (Lipinski definition) is 1. The number of allylic oxidation sites excluding steroid dienone is 2. The Bertz CT molecular complexity index is 1370. The molecule has 0 bridgehead atoms. The number of rotatable bonds is 2. The van der Waals surface area contributed by atoms with Crippen LogP contribution in [0, 0.1) is 6.92 Å². The zero-order valence-electron chi connectivity index (χ0n) is 18.0. The number of fused-ring (bicyclic) bond motifs is 1. The Kier molecular flexibility index (Phi) is 7.18. The van der Waals surface area contributed by atoms with Crippen LogP contribution in [-0.2, 0) is 24.9 Å². The van der Waals surface area contributed by atoms with E-state index in [2.05, 4.69) is 31.2 Å². The average Bonchev–Trinajstić information content (AvgIpc) is 2.73. The molecular weight excluding hydrogens is 579 g/mol. The molecule has 1 aliphatic rings. The molecule has 1 N–H and O–H groups in total. The summed E-state index contributed by atoms with van der Waals surface area (Å²) in [6.07, 6.45) is 1.17. The number of ketones is 1. The summed E-state index contributed by atoms with van der Waals surface area (Å²) in [6.45, 7) is 4.91. The molecule has 0 unspecified atom stereocenters. The van der Waals surface area contributed by atoms with Gasteiger partial charge in [0.2, 0.25) is 0 Å². The first kappa shape index (κ1) is 23.3. The quantitative estimate of drug-likeness (QED) is 0.203. The van der Waals surface area contributed by atoms with Crippen molar-refractivity contribution in [3.05, 3.63) is 95.1 Å². The van der Waals surface area contributed by atoms with Crippen LogP contribution in [0.3, 0.4) is 0 Å². The summed E-state index contributed by atoms with van der Waals surface area (Å²) in [4.78, 5) is 19.6. The van der Waals surface area contributed by atoms with E-state index in [1.165, 1.54) is 25.3 Å². The Balaban J connectivity index is 0.000000318. The molecule has 3 aromatic carbocycles. The van der Waals surface area contributed by atoms with Crippen molar-refractivity contribution < 1.29 is 30.0 Å². The number of aromatic nitrogens is 1. The molecule has 0 saturated carbocycles. The van der Waals surface area contributed by atoms with Crippen molar-refractivity contribution in [1.29, 1.82) is 0 Å². The predicted octanol–water partition coefficient (Wildman–Crippen LogP) is 6.83. The molecule has 1 aliphatic heterocycles. The summed E-state index contributed by atoms with van der Waals surface area (Å²) in [5, 5.41) is 16.6. The van der Waals surface area contributed by atoms with Crippen molar-refractivity contribution in [2.45, 2.75) is 20.8 Å². The number of para-hydroxylation sites is 1. The molecule has 1 radical (unpaired) electrons. The molecule has 32 heavy (non-hydrogen) atoms. The van der Waals surface area contributed by atoms with E-state index < -0.39 is 0 Å². The van der Waals surface area contributed by atoms with Crippen molar-refractivity contribution >= 4 is 44.7 Å². The third-order valence-corrected chi connectivity index (χ3v) is 4.85. The SMILES string of the molecule is CC(=O)/C=C(/C)O.Cc1cc2ccccc2nc1C1=Nc2cccc3cccc(c23)[N-]1.[Ir]. The fourth-order valence-corrected chi connectivity index (χ4v) is 3.59. The molecule has 4 aromatic rings. The van der Waals surface area contributed by atoms with E-state index >= 15 is 0 Å². The van der Waals surface area contributed by atoms with Crippen LogP contribution in [0.4, 0.5) is 11.4 Å². The normalized spacial score (nSPS) is 12.2.